The molecule has 1 rings (SSSR count). The molecule has 0 N–H and O–H groups in total. The number of ether oxygens (including phenoxy) is 2. The Morgan fingerprint density at radius 1 is 1.47 bits per heavy atom. The molecule has 0 aliphatic rings. The molecular formula is C11H14O3S. The van der Waals surface area contributed by atoms with Crippen molar-refractivity contribution in [3.8, 4) is 11.5 Å². The maximum atomic E-state index is 10.8. The second-order valence-corrected chi connectivity index (χ2v) is 3.82. The van der Waals surface area contributed by atoms with Gasteiger partial charge in [-0.25, -0.2) is 0 Å². The highest BCUT2D eigenvalue weighted by Gasteiger charge is 2.09. The number of thioether (sulfide) groups is 1. The number of carbonyl (C=O) groups is 1. The van der Waals surface area contributed by atoms with E-state index < -0.39 is 0 Å². The van der Waals surface area contributed by atoms with Crippen molar-refractivity contribution >= 4 is 18.0 Å². The third-order valence-corrected chi connectivity index (χ3v) is 2.47. The molecule has 0 radical (unpaired) electrons. The first-order valence-corrected chi connectivity index (χ1v) is 5.96. The zero-order valence-corrected chi connectivity index (χ0v) is 9.67. The van der Waals surface area contributed by atoms with Crippen LogP contribution in [0.2, 0.25) is 0 Å². The molecule has 0 aromatic heterocycles. The molecule has 3 nitrogen and oxygen atoms in total. The van der Waals surface area contributed by atoms with Crippen molar-refractivity contribution in [2.75, 3.05) is 25.7 Å². The van der Waals surface area contributed by atoms with Crippen LogP contribution in [-0.4, -0.2) is 32.0 Å². The van der Waals surface area contributed by atoms with Crippen LogP contribution in [0.3, 0.4) is 0 Å². The van der Waals surface area contributed by atoms with E-state index in [1.807, 2.05) is 6.26 Å². The Morgan fingerprint density at radius 3 is 2.87 bits per heavy atom. The molecule has 4 heteroatoms. The highest BCUT2D eigenvalue weighted by molar-refractivity contribution is 7.98. The van der Waals surface area contributed by atoms with Crippen LogP contribution in [0.1, 0.15) is 10.4 Å². The molecular weight excluding hydrogens is 212 g/mol. The van der Waals surface area contributed by atoms with Crippen molar-refractivity contribution in [1.29, 1.82) is 0 Å². The Bertz CT molecular complexity index is 326. The maximum absolute atomic E-state index is 10.8. The van der Waals surface area contributed by atoms with Gasteiger partial charge >= 0.3 is 0 Å². The molecule has 0 spiro atoms. The summed E-state index contributed by atoms with van der Waals surface area (Å²) in [6.07, 6.45) is 2.78. The number of para-hydroxylation sites is 1. The van der Waals surface area contributed by atoms with Gasteiger partial charge in [-0.1, -0.05) is 6.07 Å². The Balaban J connectivity index is 2.85. The van der Waals surface area contributed by atoms with Gasteiger partial charge in [-0.05, 0) is 18.4 Å². The fourth-order valence-corrected chi connectivity index (χ4v) is 1.42. The van der Waals surface area contributed by atoms with E-state index in [1.54, 1.807) is 37.1 Å². The molecule has 82 valence electrons. The summed E-state index contributed by atoms with van der Waals surface area (Å²) in [6.45, 7) is 0.572. The zero-order valence-electron chi connectivity index (χ0n) is 8.86. The van der Waals surface area contributed by atoms with E-state index in [2.05, 4.69) is 0 Å². The molecule has 0 unspecified atom stereocenters. The number of benzene rings is 1. The molecule has 0 saturated heterocycles. The van der Waals surface area contributed by atoms with Crippen LogP contribution in [-0.2, 0) is 0 Å². The highest BCUT2D eigenvalue weighted by atomic mass is 32.2. The summed E-state index contributed by atoms with van der Waals surface area (Å²) in [6, 6.07) is 5.26. The van der Waals surface area contributed by atoms with Gasteiger partial charge in [-0.2, -0.15) is 11.8 Å². The first-order chi connectivity index (χ1) is 7.33. The number of methoxy groups -OCH3 is 1. The Hall–Kier alpha value is -1.16. The van der Waals surface area contributed by atoms with Gasteiger partial charge in [0.2, 0.25) is 0 Å². The summed E-state index contributed by atoms with van der Waals surface area (Å²) >= 11 is 1.69. The molecule has 0 atom stereocenters. The monoisotopic (exact) mass is 226 g/mol. The van der Waals surface area contributed by atoms with E-state index >= 15 is 0 Å². The molecule has 0 aliphatic heterocycles. The van der Waals surface area contributed by atoms with Crippen molar-refractivity contribution < 1.29 is 14.3 Å². The second-order valence-electron chi connectivity index (χ2n) is 2.84. The number of aldehydes is 1. The molecule has 0 amide bonds. The molecule has 0 bridgehead atoms. The van der Waals surface area contributed by atoms with Crippen molar-refractivity contribution in [1.82, 2.24) is 0 Å². The standard InChI is InChI=1S/C11H14O3S/c1-13-10-5-3-4-9(8-12)11(10)14-6-7-15-2/h3-5,8H,6-7H2,1-2H3. The van der Waals surface area contributed by atoms with E-state index in [0.29, 0.717) is 23.7 Å². The van der Waals surface area contributed by atoms with Crippen LogP contribution in [0.5, 0.6) is 11.5 Å². The molecule has 0 heterocycles. The predicted octanol–water partition coefficient (Wildman–Crippen LogP) is 2.25. The highest BCUT2D eigenvalue weighted by Crippen LogP contribution is 2.29. The molecule has 0 fully saturated rings. The third kappa shape index (κ3) is 3.16. The molecule has 0 aliphatic carbocycles. The quantitative estimate of drug-likeness (QED) is 0.550. The van der Waals surface area contributed by atoms with Crippen molar-refractivity contribution in [3.63, 3.8) is 0 Å². The molecule has 0 saturated carbocycles. The van der Waals surface area contributed by atoms with Crippen LogP contribution in [0.25, 0.3) is 0 Å². The number of rotatable bonds is 6. The topological polar surface area (TPSA) is 35.5 Å². The first-order valence-electron chi connectivity index (χ1n) is 4.57. The number of hydrogen-bond donors (Lipinski definition) is 0. The van der Waals surface area contributed by atoms with Crippen LogP contribution >= 0.6 is 11.8 Å². The Kier molecular flexibility index (Phi) is 5.04. The van der Waals surface area contributed by atoms with Gasteiger partial charge in [-0.15, -0.1) is 0 Å². The number of carbonyl (C=O) groups excluding carboxylic acids is 1. The van der Waals surface area contributed by atoms with Gasteiger partial charge in [0.05, 0.1) is 19.3 Å². The van der Waals surface area contributed by atoms with Gasteiger partial charge < -0.3 is 9.47 Å². The lowest BCUT2D eigenvalue weighted by atomic mass is 10.2. The van der Waals surface area contributed by atoms with E-state index in [1.165, 1.54) is 0 Å². The zero-order chi connectivity index (χ0) is 11.1. The molecule has 1 aromatic rings. The largest absolute Gasteiger partial charge is 0.493 e. The minimum atomic E-state index is 0.524. The predicted molar refractivity (Wildman–Crippen MR) is 62.3 cm³/mol. The summed E-state index contributed by atoms with van der Waals surface area (Å²) in [5, 5.41) is 0. The summed E-state index contributed by atoms with van der Waals surface area (Å²) in [4.78, 5) is 10.8. The average Bonchev–Trinajstić information content (AvgIpc) is 2.29. The van der Waals surface area contributed by atoms with E-state index in [9.17, 15) is 4.79 Å². The van der Waals surface area contributed by atoms with Crippen LogP contribution in [0.4, 0.5) is 0 Å². The number of hydrogen-bond acceptors (Lipinski definition) is 4. The van der Waals surface area contributed by atoms with Crippen LogP contribution in [0, 0.1) is 0 Å². The lowest BCUT2D eigenvalue weighted by Crippen LogP contribution is -2.03. The van der Waals surface area contributed by atoms with Gasteiger partial charge in [0.15, 0.2) is 17.8 Å². The summed E-state index contributed by atoms with van der Waals surface area (Å²) in [7, 11) is 1.56. The molecule has 15 heavy (non-hydrogen) atoms. The van der Waals surface area contributed by atoms with Crippen molar-refractivity contribution in [2.24, 2.45) is 0 Å². The first kappa shape index (κ1) is 11.9. The summed E-state index contributed by atoms with van der Waals surface area (Å²) < 4.78 is 10.6. The Labute approximate surface area is 93.8 Å². The fraction of sp³-hybridized carbons (Fsp3) is 0.364. The van der Waals surface area contributed by atoms with Gasteiger partial charge in [-0.3, -0.25) is 4.79 Å². The minimum Gasteiger partial charge on any atom is -0.493 e. The van der Waals surface area contributed by atoms with Crippen LogP contribution in [0.15, 0.2) is 18.2 Å². The van der Waals surface area contributed by atoms with E-state index in [0.717, 1.165) is 12.0 Å². The lowest BCUT2D eigenvalue weighted by Gasteiger charge is -2.11. The average molecular weight is 226 g/mol. The van der Waals surface area contributed by atoms with Crippen molar-refractivity contribution in [2.45, 2.75) is 0 Å². The maximum Gasteiger partial charge on any atom is 0.171 e. The summed E-state index contributed by atoms with van der Waals surface area (Å²) in [5.41, 5.74) is 0.524. The van der Waals surface area contributed by atoms with Crippen molar-refractivity contribution in [3.05, 3.63) is 23.8 Å². The van der Waals surface area contributed by atoms with E-state index in [4.69, 9.17) is 9.47 Å². The minimum absolute atomic E-state index is 0.524. The fourth-order valence-electron chi connectivity index (χ4n) is 1.17. The third-order valence-electron chi connectivity index (χ3n) is 1.89. The summed E-state index contributed by atoms with van der Waals surface area (Å²) in [5.74, 6) is 2.01. The lowest BCUT2D eigenvalue weighted by molar-refractivity contribution is 0.111. The van der Waals surface area contributed by atoms with Gasteiger partial charge in [0, 0.05) is 5.75 Å². The van der Waals surface area contributed by atoms with Crippen LogP contribution < -0.4 is 9.47 Å². The Morgan fingerprint density at radius 2 is 2.27 bits per heavy atom. The normalized spacial score (nSPS) is 9.73. The van der Waals surface area contributed by atoms with Gasteiger partial charge in [0.1, 0.15) is 0 Å². The molecule has 1 aromatic carbocycles. The smallest absolute Gasteiger partial charge is 0.171 e. The SMILES string of the molecule is COc1cccc(C=O)c1OCCSC. The van der Waals surface area contributed by atoms with E-state index in [-0.39, 0.29) is 0 Å². The van der Waals surface area contributed by atoms with Gasteiger partial charge in [0.25, 0.3) is 0 Å². The second kappa shape index (κ2) is 6.35.